The number of allylic oxidation sites excluding steroid dienone is 1. The highest BCUT2D eigenvalue weighted by atomic mass is 79.9. The summed E-state index contributed by atoms with van der Waals surface area (Å²) >= 11 is 10.8. The summed E-state index contributed by atoms with van der Waals surface area (Å²) in [4.78, 5) is 0. The highest BCUT2D eigenvalue weighted by molar-refractivity contribution is 9.11. The molecule has 0 radical (unpaired) electrons. The minimum Gasteiger partial charge on any atom is -0.344 e. The molecule has 0 N–H and O–H groups in total. The second-order valence-corrected chi connectivity index (χ2v) is 7.89. The van der Waals surface area contributed by atoms with Gasteiger partial charge in [-0.25, -0.2) is 0 Å². The first-order valence-corrected chi connectivity index (χ1v) is 9.64. The summed E-state index contributed by atoms with van der Waals surface area (Å²) in [7, 11) is 0. The number of benzene rings is 1. The lowest BCUT2D eigenvalue weighted by Gasteiger charge is -2.14. The van der Waals surface area contributed by atoms with E-state index in [4.69, 9.17) is 0 Å². The quantitative estimate of drug-likeness (QED) is 0.374. The second kappa shape index (κ2) is 6.37. The van der Waals surface area contributed by atoms with Gasteiger partial charge in [-0.15, -0.1) is 0 Å². The third-order valence-corrected chi connectivity index (χ3v) is 5.52. The summed E-state index contributed by atoms with van der Waals surface area (Å²) in [6.07, 6.45) is 7.00. The first-order chi connectivity index (χ1) is 9.70. The van der Waals surface area contributed by atoms with Crippen LogP contribution in [0.2, 0.25) is 0 Å². The van der Waals surface area contributed by atoms with Gasteiger partial charge in [-0.2, -0.15) is 0 Å². The number of hydrogen-bond acceptors (Lipinski definition) is 0. The van der Waals surface area contributed by atoms with E-state index in [-0.39, 0.29) is 0 Å². The Bertz CT molecular complexity index is 670. The summed E-state index contributed by atoms with van der Waals surface area (Å²) in [6, 6.07) is 6.64. The normalized spacial score (nSPS) is 14.4. The fraction of sp³-hybridized carbons (Fsp3) is 0.375. The molecule has 1 aliphatic rings. The maximum atomic E-state index is 3.67. The Kier molecular flexibility index (Phi) is 4.73. The molecule has 0 fully saturated rings. The van der Waals surface area contributed by atoms with Gasteiger partial charge < -0.3 is 4.57 Å². The first kappa shape index (κ1) is 14.9. The monoisotopic (exact) mass is 459 g/mol. The van der Waals surface area contributed by atoms with E-state index in [0.29, 0.717) is 0 Å². The number of hydrogen-bond donors (Lipinski definition) is 0. The van der Waals surface area contributed by atoms with E-state index in [0.717, 1.165) is 29.2 Å². The number of aryl methyl sites for hydroxylation is 1. The van der Waals surface area contributed by atoms with E-state index in [1.54, 1.807) is 0 Å². The number of nitrogens with zero attached hydrogens (tertiary/aromatic N) is 1. The molecule has 0 aliphatic heterocycles. The first-order valence-electron chi connectivity index (χ1n) is 6.93. The van der Waals surface area contributed by atoms with Crippen LogP contribution in [0.15, 0.2) is 27.2 Å². The average Bonchev–Trinajstić information content (AvgIpc) is 2.72. The van der Waals surface area contributed by atoms with Gasteiger partial charge in [0.1, 0.15) is 0 Å². The molecule has 1 aromatic heterocycles. The van der Waals surface area contributed by atoms with E-state index in [1.165, 1.54) is 39.5 Å². The van der Waals surface area contributed by atoms with Gasteiger partial charge in [-0.1, -0.05) is 47.8 Å². The van der Waals surface area contributed by atoms with Crippen molar-refractivity contribution in [2.24, 2.45) is 0 Å². The number of alkyl halides is 1. The van der Waals surface area contributed by atoms with Crippen LogP contribution in [-0.2, 0) is 13.0 Å². The molecule has 0 saturated carbocycles. The zero-order valence-corrected chi connectivity index (χ0v) is 15.9. The average molecular weight is 462 g/mol. The Labute approximate surface area is 144 Å². The number of fused-ring (bicyclic) bond motifs is 3. The summed E-state index contributed by atoms with van der Waals surface area (Å²) in [5, 5.41) is 2.45. The van der Waals surface area contributed by atoms with Gasteiger partial charge in [-0.3, -0.25) is 0 Å². The highest BCUT2D eigenvalue weighted by Crippen LogP contribution is 2.36. The molecular weight excluding hydrogens is 446 g/mol. The molecule has 1 nitrogen and oxygen atoms in total. The molecular formula is C16H16Br3N. The van der Waals surface area contributed by atoms with E-state index in [2.05, 4.69) is 76.6 Å². The van der Waals surface area contributed by atoms with Crippen molar-refractivity contribution in [1.29, 1.82) is 0 Å². The summed E-state index contributed by atoms with van der Waals surface area (Å²) in [5.74, 6) is 0. The Balaban J connectivity index is 2.13. The highest BCUT2D eigenvalue weighted by Gasteiger charge is 2.19. The van der Waals surface area contributed by atoms with Crippen molar-refractivity contribution in [2.45, 2.75) is 32.2 Å². The third kappa shape index (κ3) is 2.79. The van der Waals surface area contributed by atoms with Crippen LogP contribution in [0.1, 0.15) is 30.5 Å². The maximum absolute atomic E-state index is 3.67. The van der Waals surface area contributed by atoms with Crippen molar-refractivity contribution < 1.29 is 0 Å². The van der Waals surface area contributed by atoms with Crippen LogP contribution < -0.4 is 0 Å². The second-order valence-electron chi connectivity index (χ2n) is 5.16. The molecule has 4 heteroatoms. The third-order valence-electron chi connectivity index (χ3n) is 3.84. The van der Waals surface area contributed by atoms with Gasteiger partial charge in [-0.05, 0) is 54.4 Å². The number of halogens is 3. The topological polar surface area (TPSA) is 4.93 Å². The van der Waals surface area contributed by atoms with E-state index in [9.17, 15) is 0 Å². The van der Waals surface area contributed by atoms with Crippen LogP contribution in [0.25, 0.3) is 17.0 Å². The molecule has 1 aliphatic carbocycles. The number of rotatable bonds is 4. The Morgan fingerprint density at radius 2 is 1.95 bits per heavy atom. The van der Waals surface area contributed by atoms with Crippen LogP contribution in [-0.4, -0.2) is 9.90 Å². The molecule has 0 spiro atoms. The van der Waals surface area contributed by atoms with Crippen molar-refractivity contribution in [2.75, 3.05) is 5.33 Å². The molecule has 3 rings (SSSR count). The molecule has 20 heavy (non-hydrogen) atoms. The Hall–Kier alpha value is -0.0600. The summed E-state index contributed by atoms with van der Waals surface area (Å²) in [5.41, 5.74) is 4.26. The summed E-state index contributed by atoms with van der Waals surface area (Å²) < 4.78 is 4.99. The SMILES string of the molecule is BrCCCCn1c2c(c3cc(Br)ccc31)C=C(Br)CC2. The lowest BCUT2D eigenvalue weighted by molar-refractivity contribution is 0.626. The molecule has 0 bridgehead atoms. The van der Waals surface area contributed by atoms with E-state index >= 15 is 0 Å². The summed E-state index contributed by atoms with van der Waals surface area (Å²) in [6.45, 7) is 1.12. The van der Waals surface area contributed by atoms with Gasteiger partial charge in [0.15, 0.2) is 0 Å². The number of aromatic nitrogens is 1. The molecule has 0 amide bonds. The minimum absolute atomic E-state index is 1.09. The van der Waals surface area contributed by atoms with Gasteiger partial charge in [0, 0.05) is 38.5 Å². The van der Waals surface area contributed by atoms with Gasteiger partial charge in [0.2, 0.25) is 0 Å². The lowest BCUT2D eigenvalue weighted by Crippen LogP contribution is -2.06. The van der Waals surface area contributed by atoms with Crippen molar-refractivity contribution >= 4 is 64.8 Å². The molecule has 1 aromatic carbocycles. The van der Waals surface area contributed by atoms with Gasteiger partial charge >= 0.3 is 0 Å². The minimum atomic E-state index is 1.09. The van der Waals surface area contributed by atoms with Crippen LogP contribution in [0.4, 0.5) is 0 Å². The van der Waals surface area contributed by atoms with Crippen LogP contribution in [0.5, 0.6) is 0 Å². The van der Waals surface area contributed by atoms with Crippen LogP contribution in [0.3, 0.4) is 0 Å². The molecule has 0 atom stereocenters. The fourth-order valence-electron chi connectivity index (χ4n) is 2.92. The molecule has 1 heterocycles. The molecule has 0 unspecified atom stereocenters. The zero-order valence-electron chi connectivity index (χ0n) is 11.1. The zero-order chi connectivity index (χ0) is 14.1. The Morgan fingerprint density at radius 3 is 2.75 bits per heavy atom. The van der Waals surface area contributed by atoms with Crippen molar-refractivity contribution in [1.82, 2.24) is 4.57 Å². The maximum Gasteiger partial charge on any atom is 0.0489 e. The van der Waals surface area contributed by atoms with Gasteiger partial charge in [0.25, 0.3) is 0 Å². The van der Waals surface area contributed by atoms with E-state index in [1.807, 2.05) is 0 Å². The van der Waals surface area contributed by atoms with Crippen LogP contribution in [0, 0.1) is 0 Å². The van der Waals surface area contributed by atoms with Gasteiger partial charge in [0.05, 0.1) is 0 Å². The number of unbranched alkanes of at least 4 members (excludes halogenated alkanes) is 1. The lowest BCUT2D eigenvalue weighted by atomic mass is 10.0. The van der Waals surface area contributed by atoms with E-state index < -0.39 is 0 Å². The standard InChI is InChI=1S/C16H16Br3N/c17-7-1-2-8-20-15-5-3-11(18)9-13(15)14-10-12(19)4-6-16(14)20/h3,5,9-10H,1-2,4,6-8H2. The van der Waals surface area contributed by atoms with Crippen molar-refractivity contribution in [3.8, 4) is 0 Å². The van der Waals surface area contributed by atoms with Crippen molar-refractivity contribution in [3.05, 3.63) is 38.4 Å². The fourth-order valence-corrected chi connectivity index (χ4v) is 4.11. The van der Waals surface area contributed by atoms with Crippen LogP contribution >= 0.6 is 47.8 Å². The predicted molar refractivity (Wildman–Crippen MR) is 97.9 cm³/mol. The largest absolute Gasteiger partial charge is 0.344 e. The Morgan fingerprint density at radius 1 is 1.10 bits per heavy atom. The molecule has 0 saturated heterocycles. The molecule has 106 valence electrons. The molecule has 2 aromatic rings. The smallest absolute Gasteiger partial charge is 0.0489 e. The van der Waals surface area contributed by atoms with Crippen molar-refractivity contribution in [3.63, 3.8) is 0 Å². The predicted octanol–water partition coefficient (Wildman–Crippen LogP) is 6.26.